The molecule has 1 aliphatic carbocycles. The van der Waals surface area contributed by atoms with E-state index in [1.54, 1.807) is 0 Å². The van der Waals surface area contributed by atoms with Crippen LogP contribution in [0.1, 0.15) is 39.0 Å². The smallest absolute Gasteiger partial charge is 0.0601 e. The second-order valence-corrected chi connectivity index (χ2v) is 5.22. The number of ether oxygens (including phenoxy) is 1. The largest absolute Gasteiger partial charge is 0.381 e. The van der Waals surface area contributed by atoms with E-state index in [0.717, 1.165) is 12.1 Å². The normalized spacial score (nSPS) is 37.5. The Hall–Kier alpha value is -0.120. The Balaban J connectivity index is 1.76. The van der Waals surface area contributed by atoms with E-state index >= 15 is 0 Å². The summed E-state index contributed by atoms with van der Waals surface area (Å²) in [6.45, 7) is 6.01. The van der Waals surface area contributed by atoms with Crippen LogP contribution in [0.4, 0.5) is 0 Å². The second kappa shape index (κ2) is 5.99. The summed E-state index contributed by atoms with van der Waals surface area (Å²) >= 11 is 0. The standard InChI is InChI=1S/C13H26N2O/c1-3-11-5-8-15(7-4-6-14-11)12-9-13(10-12)16-2/h11-14H,3-10H2,1-2H3. The predicted molar refractivity (Wildman–Crippen MR) is 66.7 cm³/mol. The quantitative estimate of drug-likeness (QED) is 0.791. The van der Waals surface area contributed by atoms with Crippen molar-refractivity contribution in [3.8, 4) is 0 Å². The molecule has 3 nitrogen and oxygen atoms in total. The lowest BCUT2D eigenvalue weighted by atomic mass is 9.87. The van der Waals surface area contributed by atoms with Crippen LogP contribution in [0.5, 0.6) is 0 Å². The van der Waals surface area contributed by atoms with Crippen LogP contribution in [0, 0.1) is 0 Å². The molecule has 0 amide bonds. The molecule has 0 spiro atoms. The zero-order valence-electron chi connectivity index (χ0n) is 10.7. The number of nitrogens with zero attached hydrogens (tertiary/aromatic N) is 1. The lowest BCUT2D eigenvalue weighted by molar-refractivity contribution is -0.0296. The molecule has 0 aromatic carbocycles. The Kier molecular flexibility index (Phi) is 4.62. The van der Waals surface area contributed by atoms with Crippen molar-refractivity contribution in [3.63, 3.8) is 0 Å². The van der Waals surface area contributed by atoms with E-state index in [1.807, 2.05) is 7.11 Å². The van der Waals surface area contributed by atoms with E-state index in [4.69, 9.17) is 4.74 Å². The third-order valence-electron chi connectivity index (χ3n) is 4.23. The van der Waals surface area contributed by atoms with E-state index in [2.05, 4.69) is 17.1 Å². The molecule has 2 aliphatic rings. The molecule has 1 saturated carbocycles. The van der Waals surface area contributed by atoms with Gasteiger partial charge in [0.25, 0.3) is 0 Å². The minimum absolute atomic E-state index is 0.538. The number of rotatable bonds is 3. The predicted octanol–water partition coefficient (Wildman–Crippen LogP) is 1.63. The van der Waals surface area contributed by atoms with E-state index in [0.29, 0.717) is 6.10 Å². The van der Waals surface area contributed by atoms with Gasteiger partial charge in [-0.25, -0.2) is 0 Å². The van der Waals surface area contributed by atoms with Crippen LogP contribution in [-0.4, -0.2) is 49.8 Å². The highest BCUT2D eigenvalue weighted by Gasteiger charge is 2.33. The molecule has 1 heterocycles. The first kappa shape index (κ1) is 12.3. The van der Waals surface area contributed by atoms with Crippen LogP contribution in [0.15, 0.2) is 0 Å². The van der Waals surface area contributed by atoms with Crippen molar-refractivity contribution in [2.75, 3.05) is 26.7 Å². The Morgan fingerprint density at radius 1 is 1.31 bits per heavy atom. The van der Waals surface area contributed by atoms with Crippen LogP contribution in [0.3, 0.4) is 0 Å². The van der Waals surface area contributed by atoms with Crippen molar-refractivity contribution in [2.24, 2.45) is 0 Å². The van der Waals surface area contributed by atoms with E-state index < -0.39 is 0 Å². The van der Waals surface area contributed by atoms with Crippen molar-refractivity contribution in [1.82, 2.24) is 10.2 Å². The summed E-state index contributed by atoms with van der Waals surface area (Å²) < 4.78 is 5.37. The van der Waals surface area contributed by atoms with Gasteiger partial charge in [0.2, 0.25) is 0 Å². The van der Waals surface area contributed by atoms with Gasteiger partial charge in [-0.3, -0.25) is 0 Å². The first-order valence-electron chi connectivity index (χ1n) is 6.83. The third kappa shape index (κ3) is 2.96. The SMILES string of the molecule is CCC1CCN(C2CC(OC)C2)CCCN1. The molecule has 1 aliphatic heterocycles. The Labute approximate surface area is 99.5 Å². The maximum Gasteiger partial charge on any atom is 0.0601 e. The molecule has 94 valence electrons. The van der Waals surface area contributed by atoms with Gasteiger partial charge < -0.3 is 15.0 Å². The molecule has 2 fully saturated rings. The zero-order chi connectivity index (χ0) is 11.4. The average Bonchev–Trinajstić information content (AvgIpc) is 2.20. The van der Waals surface area contributed by atoms with Gasteiger partial charge in [-0.15, -0.1) is 0 Å². The Morgan fingerprint density at radius 2 is 2.12 bits per heavy atom. The summed E-state index contributed by atoms with van der Waals surface area (Å²) in [6, 6.07) is 1.54. The highest BCUT2D eigenvalue weighted by atomic mass is 16.5. The molecule has 16 heavy (non-hydrogen) atoms. The van der Waals surface area contributed by atoms with Gasteiger partial charge in [0.05, 0.1) is 6.10 Å². The van der Waals surface area contributed by atoms with E-state index in [9.17, 15) is 0 Å². The Morgan fingerprint density at radius 3 is 2.81 bits per heavy atom. The molecule has 1 saturated heterocycles. The summed E-state index contributed by atoms with van der Waals surface area (Å²) in [4.78, 5) is 2.69. The fourth-order valence-corrected chi connectivity index (χ4v) is 2.87. The lowest BCUT2D eigenvalue weighted by Gasteiger charge is -2.43. The van der Waals surface area contributed by atoms with Crippen LogP contribution >= 0.6 is 0 Å². The van der Waals surface area contributed by atoms with Crippen molar-refractivity contribution >= 4 is 0 Å². The molecule has 3 heteroatoms. The molecule has 0 aromatic rings. The molecule has 0 bridgehead atoms. The molecule has 0 radical (unpaired) electrons. The van der Waals surface area contributed by atoms with Gasteiger partial charge in [-0.2, -0.15) is 0 Å². The van der Waals surface area contributed by atoms with Gasteiger partial charge in [-0.05, 0) is 51.7 Å². The fraction of sp³-hybridized carbons (Fsp3) is 1.00. The van der Waals surface area contributed by atoms with Gasteiger partial charge in [0.1, 0.15) is 0 Å². The van der Waals surface area contributed by atoms with Crippen molar-refractivity contribution in [2.45, 2.75) is 57.2 Å². The highest BCUT2D eigenvalue weighted by molar-refractivity contribution is 4.89. The van der Waals surface area contributed by atoms with Crippen LogP contribution in [-0.2, 0) is 4.74 Å². The van der Waals surface area contributed by atoms with Gasteiger partial charge >= 0.3 is 0 Å². The number of hydrogen-bond donors (Lipinski definition) is 1. The average molecular weight is 226 g/mol. The number of nitrogens with one attached hydrogen (secondary N) is 1. The molecular weight excluding hydrogens is 200 g/mol. The Bertz CT molecular complexity index is 204. The van der Waals surface area contributed by atoms with Crippen molar-refractivity contribution < 1.29 is 4.74 Å². The van der Waals surface area contributed by atoms with Crippen molar-refractivity contribution in [1.29, 1.82) is 0 Å². The fourth-order valence-electron chi connectivity index (χ4n) is 2.87. The van der Waals surface area contributed by atoms with Crippen LogP contribution < -0.4 is 5.32 Å². The highest BCUT2D eigenvalue weighted by Crippen LogP contribution is 2.28. The third-order valence-corrected chi connectivity index (χ3v) is 4.23. The van der Waals surface area contributed by atoms with Crippen molar-refractivity contribution in [3.05, 3.63) is 0 Å². The molecular formula is C13H26N2O. The molecule has 1 atom stereocenters. The van der Waals surface area contributed by atoms with Gasteiger partial charge in [0, 0.05) is 19.2 Å². The molecule has 2 rings (SSSR count). The second-order valence-electron chi connectivity index (χ2n) is 5.22. The first-order valence-corrected chi connectivity index (χ1v) is 6.83. The summed E-state index contributed by atoms with van der Waals surface area (Å²) in [6.07, 6.45) is 6.91. The summed E-state index contributed by atoms with van der Waals surface area (Å²) in [5.41, 5.74) is 0. The zero-order valence-corrected chi connectivity index (χ0v) is 10.7. The minimum atomic E-state index is 0.538. The molecule has 0 aromatic heterocycles. The first-order chi connectivity index (χ1) is 7.83. The number of methoxy groups -OCH3 is 1. The minimum Gasteiger partial charge on any atom is -0.381 e. The molecule has 1 N–H and O–H groups in total. The maximum absolute atomic E-state index is 5.37. The number of hydrogen-bond acceptors (Lipinski definition) is 3. The summed E-state index contributed by atoms with van der Waals surface area (Å²) in [5.74, 6) is 0. The monoisotopic (exact) mass is 226 g/mol. The van der Waals surface area contributed by atoms with Crippen LogP contribution in [0.25, 0.3) is 0 Å². The van der Waals surface area contributed by atoms with Gasteiger partial charge in [0.15, 0.2) is 0 Å². The molecule has 1 unspecified atom stereocenters. The maximum atomic E-state index is 5.37. The van der Waals surface area contributed by atoms with E-state index in [1.165, 1.54) is 51.7 Å². The summed E-state index contributed by atoms with van der Waals surface area (Å²) in [7, 11) is 1.84. The van der Waals surface area contributed by atoms with Gasteiger partial charge in [-0.1, -0.05) is 6.92 Å². The van der Waals surface area contributed by atoms with Crippen LogP contribution in [0.2, 0.25) is 0 Å². The lowest BCUT2D eigenvalue weighted by Crippen LogP contribution is -2.51. The summed E-state index contributed by atoms with van der Waals surface area (Å²) in [5, 5.41) is 3.64. The van der Waals surface area contributed by atoms with E-state index in [-0.39, 0.29) is 0 Å². The topological polar surface area (TPSA) is 24.5 Å².